The van der Waals surface area contributed by atoms with Gasteiger partial charge in [0.15, 0.2) is 0 Å². The van der Waals surface area contributed by atoms with Crippen molar-refractivity contribution in [3.05, 3.63) is 35.1 Å². The van der Waals surface area contributed by atoms with Crippen molar-refractivity contribution in [2.45, 2.75) is 6.54 Å². The average Bonchev–Trinajstić information content (AvgIpc) is 2.05. The molecular formula is C8H10BrN3. The maximum absolute atomic E-state index is 3.92. The summed E-state index contributed by atoms with van der Waals surface area (Å²) in [4.78, 5) is 0. The largest absolute Gasteiger partial charge is 0.306 e. The standard InChI is InChI=1S/C8H10BrN3/c1-7(9)5-10-6-8-3-2-4-11-12-8/h2-4,10H,1,5-6H2. The van der Waals surface area contributed by atoms with Crippen LogP contribution in [0.1, 0.15) is 5.69 Å². The number of halogens is 1. The van der Waals surface area contributed by atoms with E-state index in [1.54, 1.807) is 6.20 Å². The summed E-state index contributed by atoms with van der Waals surface area (Å²) in [6, 6.07) is 3.80. The fourth-order valence-corrected chi connectivity index (χ4v) is 0.952. The Labute approximate surface area is 80.0 Å². The summed E-state index contributed by atoms with van der Waals surface area (Å²) < 4.78 is 0.936. The Bertz CT molecular complexity index is 248. The second-order valence-electron chi connectivity index (χ2n) is 2.34. The molecule has 0 bridgehead atoms. The lowest BCUT2D eigenvalue weighted by Gasteiger charge is -2.00. The van der Waals surface area contributed by atoms with Crippen molar-refractivity contribution in [1.29, 1.82) is 0 Å². The zero-order chi connectivity index (χ0) is 8.81. The van der Waals surface area contributed by atoms with Gasteiger partial charge in [0.2, 0.25) is 0 Å². The van der Waals surface area contributed by atoms with Gasteiger partial charge in [-0.3, -0.25) is 0 Å². The summed E-state index contributed by atoms with van der Waals surface area (Å²) in [5.74, 6) is 0. The number of aromatic nitrogens is 2. The second kappa shape index (κ2) is 5.00. The van der Waals surface area contributed by atoms with Crippen molar-refractivity contribution in [1.82, 2.24) is 15.5 Å². The first kappa shape index (κ1) is 9.35. The predicted molar refractivity (Wildman–Crippen MR) is 51.8 cm³/mol. The molecule has 0 spiro atoms. The second-order valence-corrected chi connectivity index (χ2v) is 3.46. The van der Waals surface area contributed by atoms with Gasteiger partial charge >= 0.3 is 0 Å². The van der Waals surface area contributed by atoms with E-state index in [1.165, 1.54) is 0 Å². The fraction of sp³-hybridized carbons (Fsp3) is 0.250. The maximum Gasteiger partial charge on any atom is 0.0769 e. The van der Waals surface area contributed by atoms with Gasteiger partial charge in [0.1, 0.15) is 0 Å². The SMILES string of the molecule is C=C(Br)CNCc1cccnn1. The third-order valence-electron chi connectivity index (χ3n) is 1.25. The molecule has 0 unspecified atom stereocenters. The zero-order valence-corrected chi connectivity index (χ0v) is 8.21. The molecule has 1 aromatic heterocycles. The van der Waals surface area contributed by atoms with E-state index in [9.17, 15) is 0 Å². The summed E-state index contributed by atoms with van der Waals surface area (Å²) in [6.07, 6.45) is 1.66. The van der Waals surface area contributed by atoms with Crippen LogP contribution in [0, 0.1) is 0 Å². The normalized spacial score (nSPS) is 9.75. The lowest BCUT2D eigenvalue weighted by Crippen LogP contribution is -2.15. The Morgan fingerprint density at radius 1 is 1.67 bits per heavy atom. The quantitative estimate of drug-likeness (QED) is 0.847. The van der Waals surface area contributed by atoms with Crippen LogP contribution in [-0.4, -0.2) is 16.7 Å². The molecule has 0 saturated carbocycles. The molecule has 64 valence electrons. The first-order valence-electron chi connectivity index (χ1n) is 3.59. The van der Waals surface area contributed by atoms with Gasteiger partial charge in [-0.2, -0.15) is 10.2 Å². The van der Waals surface area contributed by atoms with E-state index in [0.717, 1.165) is 23.3 Å². The Balaban J connectivity index is 2.29. The van der Waals surface area contributed by atoms with Crippen molar-refractivity contribution < 1.29 is 0 Å². The first-order chi connectivity index (χ1) is 5.79. The number of nitrogens with zero attached hydrogens (tertiary/aromatic N) is 2. The van der Waals surface area contributed by atoms with E-state index < -0.39 is 0 Å². The van der Waals surface area contributed by atoms with Gasteiger partial charge in [-0.1, -0.05) is 22.5 Å². The molecule has 1 heterocycles. The maximum atomic E-state index is 3.92. The molecule has 1 aromatic rings. The third kappa shape index (κ3) is 3.59. The molecule has 1 N–H and O–H groups in total. The molecule has 0 radical (unpaired) electrons. The summed E-state index contributed by atoms with van der Waals surface area (Å²) in [7, 11) is 0. The summed E-state index contributed by atoms with van der Waals surface area (Å²) in [6.45, 7) is 5.17. The van der Waals surface area contributed by atoms with E-state index >= 15 is 0 Å². The van der Waals surface area contributed by atoms with Crippen LogP contribution in [0.3, 0.4) is 0 Å². The van der Waals surface area contributed by atoms with Gasteiger partial charge in [0, 0.05) is 23.8 Å². The molecule has 0 aromatic carbocycles. The van der Waals surface area contributed by atoms with Crippen molar-refractivity contribution in [2.75, 3.05) is 6.54 Å². The molecule has 0 fully saturated rings. The molecule has 0 amide bonds. The van der Waals surface area contributed by atoms with Crippen LogP contribution >= 0.6 is 15.9 Å². The lowest BCUT2D eigenvalue weighted by molar-refractivity contribution is 0.722. The van der Waals surface area contributed by atoms with Gasteiger partial charge < -0.3 is 5.32 Å². The van der Waals surface area contributed by atoms with Crippen molar-refractivity contribution in [2.24, 2.45) is 0 Å². The van der Waals surface area contributed by atoms with Crippen molar-refractivity contribution in [3.63, 3.8) is 0 Å². The number of hydrogen-bond donors (Lipinski definition) is 1. The molecule has 4 heteroatoms. The molecule has 0 aliphatic rings. The summed E-state index contributed by atoms with van der Waals surface area (Å²) in [5.41, 5.74) is 0.936. The monoisotopic (exact) mass is 227 g/mol. The van der Waals surface area contributed by atoms with E-state index in [-0.39, 0.29) is 0 Å². The number of hydrogen-bond acceptors (Lipinski definition) is 3. The minimum atomic E-state index is 0.721. The number of rotatable bonds is 4. The van der Waals surface area contributed by atoms with Crippen LogP contribution in [0.4, 0.5) is 0 Å². The third-order valence-corrected chi connectivity index (χ3v) is 1.53. The molecule has 3 nitrogen and oxygen atoms in total. The Morgan fingerprint density at radius 2 is 2.50 bits per heavy atom. The van der Waals surface area contributed by atoms with Gasteiger partial charge in [-0.05, 0) is 12.1 Å². The van der Waals surface area contributed by atoms with Gasteiger partial charge in [-0.15, -0.1) is 0 Å². The van der Waals surface area contributed by atoms with Gasteiger partial charge in [-0.25, -0.2) is 0 Å². The van der Waals surface area contributed by atoms with E-state index in [1.807, 2.05) is 12.1 Å². The van der Waals surface area contributed by atoms with Crippen LogP contribution in [0.5, 0.6) is 0 Å². The Kier molecular flexibility index (Phi) is 3.90. The summed E-state index contributed by atoms with van der Waals surface area (Å²) in [5, 5.41) is 10.8. The van der Waals surface area contributed by atoms with Gasteiger partial charge in [0.05, 0.1) is 5.69 Å². The number of nitrogens with one attached hydrogen (secondary N) is 1. The van der Waals surface area contributed by atoms with Crippen molar-refractivity contribution >= 4 is 15.9 Å². The first-order valence-corrected chi connectivity index (χ1v) is 4.39. The van der Waals surface area contributed by atoms with Gasteiger partial charge in [0.25, 0.3) is 0 Å². The Morgan fingerprint density at radius 3 is 3.08 bits per heavy atom. The van der Waals surface area contributed by atoms with Crippen LogP contribution in [0.15, 0.2) is 29.4 Å². The minimum absolute atomic E-state index is 0.721. The fourth-order valence-electron chi connectivity index (χ4n) is 0.754. The van der Waals surface area contributed by atoms with Crippen LogP contribution < -0.4 is 5.32 Å². The van der Waals surface area contributed by atoms with Crippen LogP contribution in [-0.2, 0) is 6.54 Å². The van der Waals surface area contributed by atoms with E-state index in [0.29, 0.717) is 0 Å². The minimum Gasteiger partial charge on any atom is -0.306 e. The highest BCUT2D eigenvalue weighted by atomic mass is 79.9. The molecule has 0 atom stereocenters. The molecule has 1 rings (SSSR count). The van der Waals surface area contributed by atoms with Crippen LogP contribution in [0.25, 0.3) is 0 Å². The lowest BCUT2D eigenvalue weighted by atomic mass is 10.4. The smallest absolute Gasteiger partial charge is 0.0769 e. The predicted octanol–water partition coefficient (Wildman–Crippen LogP) is 1.47. The molecule has 0 aliphatic heterocycles. The van der Waals surface area contributed by atoms with Crippen LogP contribution in [0.2, 0.25) is 0 Å². The molecular weight excluding hydrogens is 218 g/mol. The highest BCUT2D eigenvalue weighted by molar-refractivity contribution is 9.11. The molecule has 12 heavy (non-hydrogen) atoms. The zero-order valence-electron chi connectivity index (χ0n) is 6.63. The van der Waals surface area contributed by atoms with E-state index in [2.05, 4.69) is 38.0 Å². The average molecular weight is 228 g/mol. The summed E-state index contributed by atoms with van der Waals surface area (Å²) >= 11 is 3.25. The highest BCUT2D eigenvalue weighted by Crippen LogP contribution is 1.97. The van der Waals surface area contributed by atoms with E-state index in [4.69, 9.17) is 0 Å². The van der Waals surface area contributed by atoms with Crippen molar-refractivity contribution in [3.8, 4) is 0 Å². The Hall–Kier alpha value is -0.740. The molecule has 0 saturated heterocycles. The molecule has 0 aliphatic carbocycles. The highest BCUT2D eigenvalue weighted by Gasteiger charge is 1.92. The topological polar surface area (TPSA) is 37.8 Å².